The van der Waals surface area contributed by atoms with Gasteiger partial charge in [0.05, 0.1) is 19.9 Å². The lowest BCUT2D eigenvalue weighted by Gasteiger charge is -2.27. The van der Waals surface area contributed by atoms with E-state index in [1.165, 1.54) is 11.3 Å². The Morgan fingerprint density at radius 1 is 1.28 bits per heavy atom. The predicted molar refractivity (Wildman–Crippen MR) is 121 cm³/mol. The molecular weight excluding hydrogens is 404 g/mol. The highest BCUT2D eigenvalue weighted by Crippen LogP contribution is 2.27. The molecule has 3 heterocycles. The highest BCUT2D eigenvalue weighted by Gasteiger charge is 2.31. The van der Waals surface area contributed by atoms with Gasteiger partial charge in [0.2, 0.25) is 0 Å². The van der Waals surface area contributed by atoms with Crippen molar-refractivity contribution in [3.8, 4) is 5.75 Å². The van der Waals surface area contributed by atoms with Gasteiger partial charge in [-0.05, 0) is 37.5 Å². The highest BCUT2D eigenvalue weighted by molar-refractivity contribution is 5.94. The molecule has 0 spiro atoms. The molecule has 0 atom stereocenters. The summed E-state index contributed by atoms with van der Waals surface area (Å²) in [6.45, 7) is 5.18. The number of hydrogen-bond donors (Lipinski definition) is 1. The van der Waals surface area contributed by atoms with E-state index >= 15 is 0 Å². The fourth-order valence-electron chi connectivity index (χ4n) is 4.36. The summed E-state index contributed by atoms with van der Waals surface area (Å²) in [7, 11) is 3.64. The topological polar surface area (TPSA) is 77.2 Å². The SMILES string of the molecule is COc1cccc(Cn2nc(C(=O)NC3CC3)c3c2CCN(Cc2cnn(C)c2C)C3)c1. The largest absolute Gasteiger partial charge is 0.497 e. The van der Waals surface area contributed by atoms with Gasteiger partial charge in [0.25, 0.3) is 5.91 Å². The monoisotopic (exact) mass is 434 g/mol. The van der Waals surface area contributed by atoms with Gasteiger partial charge in [-0.2, -0.15) is 10.2 Å². The zero-order valence-electron chi connectivity index (χ0n) is 19.0. The number of ether oxygens (including phenoxy) is 1. The minimum atomic E-state index is -0.0486. The number of carbonyl (C=O) groups is 1. The molecule has 1 aromatic carbocycles. The normalized spacial score (nSPS) is 16.1. The minimum Gasteiger partial charge on any atom is -0.497 e. The molecule has 5 rings (SSSR count). The molecule has 2 aromatic heterocycles. The Bertz CT molecular complexity index is 1140. The number of nitrogens with one attached hydrogen (secondary N) is 1. The third kappa shape index (κ3) is 4.14. The van der Waals surface area contributed by atoms with Crippen LogP contribution in [0.1, 0.15) is 51.4 Å². The van der Waals surface area contributed by atoms with Crippen molar-refractivity contribution in [2.45, 2.75) is 51.9 Å². The van der Waals surface area contributed by atoms with Crippen molar-refractivity contribution >= 4 is 5.91 Å². The molecule has 1 N–H and O–H groups in total. The van der Waals surface area contributed by atoms with E-state index in [-0.39, 0.29) is 5.91 Å². The summed E-state index contributed by atoms with van der Waals surface area (Å²) >= 11 is 0. The smallest absolute Gasteiger partial charge is 0.272 e. The van der Waals surface area contributed by atoms with E-state index in [9.17, 15) is 4.79 Å². The zero-order valence-corrected chi connectivity index (χ0v) is 19.0. The first-order valence-electron chi connectivity index (χ1n) is 11.2. The summed E-state index contributed by atoms with van der Waals surface area (Å²) in [5, 5.41) is 12.3. The molecule has 8 nitrogen and oxygen atoms in total. The number of carbonyl (C=O) groups excluding carboxylic acids is 1. The van der Waals surface area contributed by atoms with Crippen LogP contribution in [0, 0.1) is 6.92 Å². The minimum absolute atomic E-state index is 0.0486. The van der Waals surface area contributed by atoms with E-state index in [1.807, 2.05) is 40.8 Å². The standard InChI is InChI=1S/C24H30N6O2/c1-16-18(12-25-28(16)2)14-29-10-9-22-21(15-29)23(24(31)26-19-7-8-19)27-30(22)13-17-5-4-6-20(11-17)32-3/h4-6,11-12,19H,7-10,13-15H2,1-3H3,(H,26,31). The molecule has 0 bridgehead atoms. The lowest BCUT2D eigenvalue weighted by atomic mass is 10.0. The first-order chi connectivity index (χ1) is 15.5. The van der Waals surface area contributed by atoms with Crippen LogP contribution in [0.15, 0.2) is 30.5 Å². The van der Waals surface area contributed by atoms with Crippen molar-refractivity contribution in [3.05, 3.63) is 64.2 Å². The average Bonchev–Trinajstić information content (AvgIpc) is 3.47. The number of nitrogens with zero attached hydrogens (tertiary/aromatic N) is 5. The number of rotatable bonds is 7. The summed E-state index contributed by atoms with van der Waals surface area (Å²) in [4.78, 5) is 15.4. The Labute approximate surface area is 188 Å². The number of amides is 1. The Balaban J connectivity index is 1.43. The molecule has 168 valence electrons. The van der Waals surface area contributed by atoms with Gasteiger partial charge < -0.3 is 10.1 Å². The lowest BCUT2D eigenvalue weighted by molar-refractivity contribution is 0.0943. The van der Waals surface area contributed by atoms with Crippen LogP contribution in [0.5, 0.6) is 5.75 Å². The van der Waals surface area contributed by atoms with E-state index in [0.29, 0.717) is 18.3 Å². The predicted octanol–water partition coefficient (Wildman–Crippen LogP) is 2.43. The van der Waals surface area contributed by atoms with Gasteiger partial charge in [0.1, 0.15) is 5.75 Å². The number of hydrogen-bond acceptors (Lipinski definition) is 5. The van der Waals surface area contributed by atoms with Gasteiger partial charge >= 0.3 is 0 Å². The molecule has 1 aliphatic carbocycles. The number of aryl methyl sites for hydroxylation is 1. The first-order valence-corrected chi connectivity index (χ1v) is 11.2. The van der Waals surface area contributed by atoms with Gasteiger partial charge in [-0.25, -0.2) is 0 Å². The van der Waals surface area contributed by atoms with Crippen molar-refractivity contribution < 1.29 is 9.53 Å². The molecule has 1 fully saturated rings. The van der Waals surface area contributed by atoms with Crippen LogP contribution in [-0.4, -0.2) is 50.1 Å². The zero-order chi connectivity index (χ0) is 22.2. The molecule has 8 heteroatoms. The Morgan fingerprint density at radius 3 is 2.84 bits per heavy atom. The van der Waals surface area contributed by atoms with Gasteiger partial charge in [0, 0.05) is 61.7 Å². The van der Waals surface area contributed by atoms with Crippen LogP contribution >= 0.6 is 0 Å². The first kappa shape index (κ1) is 20.8. The molecule has 1 saturated carbocycles. The van der Waals surface area contributed by atoms with Gasteiger partial charge in [0.15, 0.2) is 5.69 Å². The Kier molecular flexibility index (Phi) is 5.46. The quantitative estimate of drug-likeness (QED) is 0.618. The van der Waals surface area contributed by atoms with Crippen molar-refractivity contribution in [1.29, 1.82) is 0 Å². The summed E-state index contributed by atoms with van der Waals surface area (Å²) in [5.74, 6) is 0.779. The van der Waals surface area contributed by atoms with Crippen LogP contribution in [0.2, 0.25) is 0 Å². The van der Waals surface area contributed by atoms with E-state index in [1.54, 1.807) is 7.11 Å². The Morgan fingerprint density at radius 2 is 2.12 bits per heavy atom. The molecule has 3 aromatic rings. The van der Waals surface area contributed by atoms with Gasteiger partial charge in [-0.3, -0.25) is 19.1 Å². The second kappa shape index (κ2) is 8.43. The number of aromatic nitrogens is 4. The molecular formula is C24H30N6O2. The van der Waals surface area contributed by atoms with E-state index < -0.39 is 0 Å². The molecule has 32 heavy (non-hydrogen) atoms. The fourth-order valence-corrected chi connectivity index (χ4v) is 4.36. The van der Waals surface area contributed by atoms with Crippen LogP contribution in [0.25, 0.3) is 0 Å². The fraction of sp³-hybridized carbons (Fsp3) is 0.458. The number of benzene rings is 1. The maximum absolute atomic E-state index is 13.0. The van der Waals surface area contributed by atoms with Crippen LogP contribution in [0.4, 0.5) is 0 Å². The highest BCUT2D eigenvalue weighted by atomic mass is 16.5. The molecule has 0 saturated heterocycles. The van der Waals surface area contributed by atoms with Gasteiger partial charge in [-0.15, -0.1) is 0 Å². The summed E-state index contributed by atoms with van der Waals surface area (Å²) in [5.41, 5.74) is 6.30. The maximum Gasteiger partial charge on any atom is 0.272 e. The summed E-state index contributed by atoms with van der Waals surface area (Å²) < 4.78 is 9.29. The average molecular weight is 435 g/mol. The number of methoxy groups -OCH3 is 1. The van der Waals surface area contributed by atoms with Crippen LogP contribution in [0.3, 0.4) is 0 Å². The van der Waals surface area contributed by atoms with Crippen LogP contribution < -0.4 is 10.1 Å². The van der Waals surface area contributed by atoms with Gasteiger partial charge in [-0.1, -0.05) is 12.1 Å². The number of fused-ring (bicyclic) bond motifs is 1. The third-order valence-corrected chi connectivity index (χ3v) is 6.54. The van der Waals surface area contributed by atoms with Crippen molar-refractivity contribution in [2.75, 3.05) is 13.7 Å². The van der Waals surface area contributed by atoms with E-state index in [2.05, 4.69) is 28.3 Å². The Hall–Kier alpha value is -3.13. The van der Waals surface area contributed by atoms with Crippen LogP contribution in [-0.2, 0) is 33.1 Å². The van der Waals surface area contributed by atoms with E-state index in [4.69, 9.17) is 9.84 Å². The summed E-state index contributed by atoms with van der Waals surface area (Å²) in [6, 6.07) is 8.33. The summed E-state index contributed by atoms with van der Waals surface area (Å²) in [6.07, 6.45) is 4.93. The molecule has 1 amide bonds. The molecule has 0 radical (unpaired) electrons. The molecule has 0 unspecified atom stereocenters. The van der Waals surface area contributed by atoms with Crippen molar-refractivity contribution in [2.24, 2.45) is 7.05 Å². The van der Waals surface area contributed by atoms with Crippen molar-refractivity contribution in [1.82, 2.24) is 29.8 Å². The second-order valence-corrected chi connectivity index (χ2v) is 8.87. The lowest BCUT2D eigenvalue weighted by Crippen LogP contribution is -2.33. The van der Waals surface area contributed by atoms with Crippen molar-refractivity contribution in [3.63, 3.8) is 0 Å². The second-order valence-electron chi connectivity index (χ2n) is 8.87. The molecule has 2 aliphatic rings. The molecule has 1 aliphatic heterocycles. The third-order valence-electron chi connectivity index (χ3n) is 6.54. The van der Waals surface area contributed by atoms with E-state index in [0.717, 1.165) is 61.5 Å². The maximum atomic E-state index is 13.0.